The van der Waals surface area contributed by atoms with Gasteiger partial charge < -0.3 is 0 Å². The first kappa shape index (κ1) is 15.8. The maximum absolute atomic E-state index is 13.6. The molecule has 1 N–H and O–H groups in total. The average Bonchev–Trinajstić information content (AvgIpc) is 2.51. The van der Waals surface area contributed by atoms with Gasteiger partial charge in [-0.1, -0.05) is 12.1 Å². The van der Waals surface area contributed by atoms with Crippen molar-refractivity contribution < 1.29 is 9.18 Å². The Labute approximate surface area is 142 Å². The first-order valence-corrected chi connectivity index (χ1v) is 9.11. The van der Waals surface area contributed by atoms with E-state index in [1.807, 2.05) is 6.92 Å². The zero-order valence-corrected chi connectivity index (χ0v) is 14.2. The molecule has 0 aromatic heterocycles. The summed E-state index contributed by atoms with van der Waals surface area (Å²) in [5.41, 5.74) is 3.94. The Kier molecular flexibility index (Phi) is 3.93. The topological polar surface area (TPSA) is 41.5 Å². The molecule has 128 valence electrons. The molecule has 0 saturated heterocycles. The Morgan fingerprint density at radius 2 is 1.75 bits per heavy atom. The van der Waals surface area contributed by atoms with Crippen LogP contribution in [0, 0.1) is 29.0 Å². The van der Waals surface area contributed by atoms with Gasteiger partial charge in [0.05, 0.1) is 5.56 Å². The van der Waals surface area contributed by atoms with Gasteiger partial charge in [-0.2, -0.15) is 5.10 Å². The average molecular weight is 328 g/mol. The summed E-state index contributed by atoms with van der Waals surface area (Å²) in [6.07, 6.45) is 9.24. The molecule has 1 aromatic rings. The van der Waals surface area contributed by atoms with Crippen LogP contribution in [0.4, 0.5) is 4.39 Å². The second-order valence-corrected chi connectivity index (χ2v) is 8.36. The van der Waals surface area contributed by atoms with Crippen LogP contribution in [-0.4, -0.2) is 11.6 Å². The van der Waals surface area contributed by atoms with Crippen LogP contribution < -0.4 is 5.43 Å². The van der Waals surface area contributed by atoms with Gasteiger partial charge in [0, 0.05) is 5.71 Å². The maximum atomic E-state index is 13.6. The molecular weight excluding hydrogens is 303 g/mol. The fraction of sp³-hybridized carbons (Fsp3) is 0.600. The molecular formula is C20H25FN2O. The Morgan fingerprint density at radius 3 is 2.33 bits per heavy atom. The number of hydrogen-bond donors (Lipinski definition) is 1. The van der Waals surface area contributed by atoms with Gasteiger partial charge in [0.15, 0.2) is 0 Å². The molecule has 24 heavy (non-hydrogen) atoms. The molecule has 3 nitrogen and oxygen atoms in total. The summed E-state index contributed by atoms with van der Waals surface area (Å²) in [4.78, 5) is 12.1. The Balaban J connectivity index is 1.41. The number of halogens is 1. The minimum atomic E-state index is -0.510. The quantitative estimate of drug-likeness (QED) is 0.640. The number of amides is 1. The van der Waals surface area contributed by atoms with E-state index in [0.717, 1.165) is 29.9 Å². The molecule has 1 amide bonds. The van der Waals surface area contributed by atoms with E-state index in [9.17, 15) is 9.18 Å². The number of rotatable bonds is 4. The Hall–Kier alpha value is -1.71. The van der Waals surface area contributed by atoms with Crippen molar-refractivity contribution >= 4 is 11.6 Å². The van der Waals surface area contributed by atoms with Gasteiger partial charge in [-0.05, 0) is 87.2 Å². The van der Waals surface area contributed by atoms with Crippen LogP contribution in [0.3, 0.4) is 0 Å². The molecule has 0 aliphatic heterocycles. The van der Waals surface area contributed by atoms with E-state index in [1.54, 1.807) is 12.1 Å². The second-order valence-electron chi connectivity index (χ2n) is 8.36. The van der Waals surface area contributed by atoms with E-state index in [0.29, 0.717) is 5.41 Å². The van der Waals surface area contributed by atoms with Crippen LogP contribution in [0.25, 0.3) is 0 Å². The Bertz CT molecular complexity index is 647. The van der Waals surface area contributed by atoms with Gasteiger partial charge in [0.1, 0.15) is 5.82 Å². The molecule has 4 saturated carbocycles. The molecule has 0 radical (unpaired) electrons. The molecule has 4 aliphatic carbocycles. The second kappa shape index (κ2) is 5.98. The SMILES string of the molecule is C/C(CC12CC3CC(CC(C3)C1)C2)=N/NC(=O)c1ccccc1F. The highest BCUT2D eigenvalue weighted by Gasteiger charge is 2.50. The lowest BCUT2D eigenvalue weighted by Gasteiger charge is -2.57. The highest BCUT2D eigenvalue weighted by Crippen LogP contribution is 2.61. The van der Waals surface area contributed by atoms with Crippen LogP contribution in [0.1, 0.15) is 62.2 Å². The Morgan fingerprint density at radius 1 is 1.17 bits per heavy atom. The maximum Gasteiger partial charge on any atom is 0.274 e. The molecule has 0 unspecified atom stereocenters. The van der Waals surface area contributed by atoms with Crippen LogP contribution in [0.15, 0.2) is 29.4 Å². The summed E-state index contributed by atoms with van der Waals surface area (Å²) >= 11 is 0. The van der Waals surface area contributed by atoms with Crippen LogP contribution in [-0.2, 0) is 0 Å². The standard InChI is InChI=1S/C20H25FN2O/c1-13(22-23-19(24)17-4-2-3-5-18(17)21)9-20-10-14-6-15(11-20)8-16(7-14)12-20/h2-5,14-16H,6-12H2,1H3,(H,23,24)/b22-13-. The summed E-state index contributed by atoms with van der Waals surface area (Å²) in [6.45, 7) is 1.99. The number of carbonyl (C=O) groups excluding carboxylic acids is 1. The first-order valence-electron chi connectivity index (χ1n) is 9.11. The van der Waals surface area contributed by atoms with Gasteiger partial charge in [0.2, 0.25) is 0 Å². The van der Waals surface area contributed by atoms with Crippen molar-refractivity contribution in [2.45, 2.75) is 51.9 Å². The fourth-order valence-corrected chi connectivity index (χ4v) is 5.94. The normalized spacial score (nSPS) is 34.4. The predicted molar refractivity (Wildman–Crippen MR) is 92.2 cm³/mol. The molecule has 4 bridgehead atoms. The molecule has 5 rings (SSSR count). The summed E-state index contributed by atoms with van der Waals surface area (Å²) in [7, 11) is 0. The highest BCUT2D eigenvalue weighted by atomic mass is 19.1. The number of nitrogens with zero attached hydrogens (tertiary/aromatic N) is 1. The van der Waals surface area contributed by atoms with Gasteiger partial charge in [-0.3, -0.25) is 4.79 Å². The van der Waals surface area contributed by atoms with E-state index in [1.165, 1.54) is 50.7 Å². The van der Waals surface area contributed by atoms with Crippen molar-refractivity contribution in [3.8, 4) is 0 Å². The van der Waals surface area contributed by atoms with Crippen molar-refractivity contribution in [1.29, 1.82) is 0 Å². The third-order valence-electron chi connectivity index (χ3n) is 6.26. The van der Waals surface area contributed by atoms with E-state index in [-0.39, 0.29) is 5.56 Å². The van der Waals surface area contributed by atoms with E-state index in [2.05, 4.69) is 10.5 Å². The smallest absolute Gasteiger partial charge is 0.267 e. The lowest BCUT2D eigenvalue weighted by molar-refractivity contribution is -0.0482. The number of nitrogens with one attached hydrogen (secondary N) is 1. The van der Waals surface area contributed by atoms with Crippen molar-refractivity contribution in [3.63, 3.8) is 0 Å². The van der Waals surface area contributed by atoms with Gasteiger partial charge in [-0.25, -0.2) is 9.82 Å². The van der Waals surface area contributed by atoms with Gasteiger partial charge >= 0.3 is 0 Å². The zero-order valence-electron chi connectivity index (χ0n) is 14.2. The van der Waals surface area contributed by atoms with E-state index >= 15 is 0 Å². The van der Waals surface area contributed by atoms with E-state index in [4.69, 9.17) is 0 Å². The third kappa shape index (κ3) is 2.99. The lowest BCUT2D eigenvalue weighted by Crippen LogP contribution is -2.46. The number of benzene rings is 1. The summed E-state index contributed by atoms with van der Waals surface area (Å²) in [5.74, 6) is 1.76. The van der Waals surface area contributed by atoms with Crippen LogP contribution in [0.5, 0.6) is 0 Å². The molecule has 4 heteroatoms. The minimum absolute atomic E-state index is 0.0452. The molecule has 0 heterocycles. The number of carbonyl (C=O) groups is 1. The number of hydrazone groups is 1. The van der Waals surface area contributed by atoms with Crippen LogP contribution in [0.2, 0.25) is 0 Å². The van der Waals surface area contributed by atoms with Crippen LogP contribution >= 0.6 is 0 Å². The fourth-order valence-electron chi connectivity index (χ4n) is 5.94. The highest BCUT2D eigenvalue weighted by molar-refractivity contribution is 5.95. The first-order chi connectivity index (χ1) is 11.5. The third-order valence-corrected chi connectivity index (χ3v) is 6.26. The summed E-state index contributed by atoms with van der Waals surface area (Å²) in [5, 5.41) is 4.27. The van der Waals surface area contributed by atoms with Crippen molar-refractivity contribution in [3.05, 3.63) is 35.6 Å². The van der Waals surface area contributed by atoms with Crippen molar-refractivity contribution in [2.75, 3.05) is 0 Å². The molecule has 0 atom stereocenters. The van der Waals surface area contributed by atoms with E-state index < -0.39 is 11.7 Å². The largest absolute Gasteiger partial charge is 0.274 e. The lowest BCUT2D eigenvalue weighted by atomic mass is 9.48. The van der Waals surface area contributed by atoms with Gasteiger partial charge in [-0.15, -0.1) is 0 Å². The molecule has 1 aromatic carbocycles. The molecule has 4 fully saturated rings. The number of hydrogen-bond acceptors (Lipinski definition) is 2. The predicted octanol–water partition coefficient (Wildman–Crippen LogP) is 4.54. The monoisotopic (exact) mass is 328 g/mol. The van der Waals surface area contributed by atoms with Crippen molar-refractivity contribution in [2.24, 2.45) is 28.3 Å². The molecule has 0 spiro atoms. The minimum Gasteiger partial charge on any atom is -0.267 e. The van der Waals surface area contributed by atoms with Gasteiger partial charge in [0.25, 0.3) is 5.91 Å². The van der Waals surface area contributed by atoms with Crippen molar-refractivity contribution in [1.82, 2.24) is 5.43 Å². The summed E-state index contributed by atoms with van der Waals surface area (Å²) < 4.78 is 13.6. The summed E-state index contributed by atoms with van der Waals surface area (Å²) in [6, 6.07) is 6.01. The zero-order chi connectivity index (χ0) is 16.7. The molecule has 4 aliphatic rings.